The molecule has 0 N–H and O–H groups in total. The fourth-order valence-corrected chi connectivity index (χ4v) is 2.59. The third-order valence-corrected chi connectivity index (χ3v) is 4.27. The van der Waals surface area contributed by atoms with Gasteiger partial charge < -0.3 is 0 Å². The first-order valence-electron chi connectivity index (χ1n) is 8.15. The summed E-state index contributed by atoms with van der Waals surface area (Å²) in [5.41, 5.74) is 4.46. The van der Waals surface area contributed by atoms with Crippen molar-refractivity contribution in [2.24, 2.45) is 11.8 Å². The molecule has 1 unspecified atom stereocenters. The van der Waals surface area contributed by atoms with Crippen LogP contribution in [0.1, 0.15) is 66.7 Å². The highest BCUT2D eigenvalue weighted by Crippen LogP contribution is 2.23. The number of hydrogen-bond donors (Lipinski definition) is 0. The van der Waals surface area contributed by atoms with Crippen molar-refractivity contribution in [1.29, 1.82) is 0 Å². The Morgan fingerprint density at radius 3 is 2.35 bits per heavy atom. The van der Waals surface area contributed by atoms with Crippen LogP contribution in [-0.2, 0) is 0 Å². The average molecular weight is 272 g/mol. The van der Waals surface area contributed by atoms with Crippen LogP contribution in [0, 0.1) is 11.8 Å². The van der Waals surface area contributed by atoms with Crippen LogP contribution in [0.25, 0.3) is 0 Å². The Hall–Kier alpha value is -1.04. The predicted molar refractivity (Wildman–Crippen MR) is 91.8 cm³/mol. The molecular formula is C20H32. The molecule has 0 aromatic rings. The summed E-state index contributed by atoms with van der Waals surface area (Å²) in [5.74, 6) is 1.42. The Morgan fingerprint density at radius 2 is 1.65 bits per heavy atom. The first-order valence-corrected chi connectivity index (χ1v) is 8.15. The molecule has 0 bridgehead atoms. The quantitative estimate of drug-likeness (QED) is 0.471. The standard InChI is InChI=1S/C20H32/c1-16(2)20-14-12-18(4)10-6-8-17(3)9-7-11-19(5)13-15-20/h8,10-12,14,16,20H,6-7,9,13,15H2,1-5H3/b14-12?,17-8+,18-10?,19-11-. The molecule has 0 radical (unpaired) electrons. The minimum Gasteiger partial charge on any atom is -0.0853 e. The summed E-state index contributed by atoms with van der Waals surface area (Å²) in [6.07, 6.45) is 17.9. The summed E-state index contributed by atoms with van der Waals surface area (Å²) in [7, 11) is 0. The van der Waals surface area contributed by atoms with Crippen LogP contribution in [0.5, 0.6) is 0 Å². The lowest BCUT2D eigenvalue weighted by Crippen LogP contribution is -2.05. The summed E-state index contributed by atoms with van der Waals surface area (Å²) in [4.78, 5) is 0. The SMILES string of the molecule is CC1=CC/C=C(\C)CC/C=C(/C)CCC(C(C)C)C=C1. The van der Waals surface area contributed by atoms with Crippen LogP contribution in [0.2, 0.25) is 0 Å². The molecule has 112 valence electrons. The van der Waals surface area contributed by atoms with Crippen LogP contribution in [0.4, 0.5) is 0 Å². The molecule has 0 heteroatoms. The van der Waals surface area contributed by atoms with E-state index in [4.69, 9.17) is 0 Å². The van der Waals surface area contributed by atoms with E-state index in [1.54, 1.807) is 5.57 Å². The summed E-state index contributed by atoms with van der Waals surface area (Å²) < 4.78 is 0. The molecule has 0 aromatic carbocycles. The Balaban J connectivity index is 2.85. The van der Waals surface area contributed by atoms with E-state index in [1.165, 1.54) is 36.8 Å². The maximum absolute atomic E-state index is 2.44. The van der Waals surface area contributed by atoms with Gasteiger partial charge in [-0.3, -0.25) is 0 Å². The second-order valence-corrected chi connectivity index (χ2v) is 6.63. The van der Waals surface area contributed by atoms with E-state index < -0.39 is 0 Å². The van der Waals surface area contributed by atoms with E-state index in [9.17, 15) is 0 Å². The van der Waals surface area contributed by atoms with Gasteiger partial charge >= 0.3 is 0 Å². The lowest BCUT2D eigenvalue weighted by molar-refractivity contribution is 0.435. The molecule has 0 fully saturated rings. The summed E-state index contributed by atoms with van der Waals surface area (Å²) >= 11 is 0. The molecule has 20 heavy (non-hydrogen) atoms. The van der Waals surface area contributed by atoms with Gasteiger partial charge in [0, 0.05) is 0 Å². The summed E-state index contributed by atoms with van der Waals surface area (Å²) in [6, 6.07) is 0. The molecule has 0 aromatic heterocycles. The lowest BCUT2D eigenvalue weighted by Gasteiger charge is -2.17. The highest BCUT2D eigenvalue weighted by Gasteiger charge is 2.09. The number of allylic oxidation sites excluding steroid dienone is 8. The summed E-state index contributed by atoms with van der Waals surface area (Å²) in [5, 5.41) is 0. The molecule has 1 rings (SSSR count). The van der Waals surface area contributed by atoms with Gasteiger partial charge in [-0.1, -0.05) is 60.9 Å². The van der Waals surface area contributed by atoms with Gasteiger partial charge in [0.05, 0.1) is 0 Å². The van der Waals surface area contributed by atoms with Crippen molar-refractivity contribution in [2.75, 3.05) is 0 Å². The molecule has 0 amide bonds. The Bertz CT molecular complexity index is 402. The smallest absolute Gasteiger partial charge is 0.0161 e. The summed E-state index contributed by atoms with van der Waals surface area (Å²) in [6.45, 7) is 11.4. The van der Waals surface area contributed by atoms with Crippen molar-refractivity contribution in [3.05, 3.63) is 47.1 Å². The van der Waals surface area contributed by atoms with Crippen LogP contribution in [0.3, 0.4) is 0 Å². The van der Waals surface area contributed by atoms with Gasteiger partial charge in [0.2, 0.25) is 0 Å². The van der Waals surface area contributed by atoms with E-state index in [0.717, 1.165) is 12.3 Å². The van der Waals surface area contributed by atoms with Gasteiger partial charge in [-0.15, -0.1) is 0 Å². The zero-order chi connectivity index (χ0) is 15.0. The van der Waals surface area contributed by atoms with E-state index >= 15 is 0 Å². The van der Waals surface area contributed by atoms with E-state index in [0.29, 0.717) is 5.92 Å². The normalized spacial score (nSPS) is 28.1. The molecule has 0 spiro atoms. The van der Waals surface area contributed by atoms with Gasteiger partial charge in [-0.05, 0) is 64.7 Å². The van der Waals surface area contributed by atoms with Crippen molar-refractivity contribution in [1.82, 2.24) is 0 Å². The molecule has 0 heterocycles. The fraction of sp³-hybridized carbons (Fsp3) is 0.600. The lowest BCUT2D eigenvalue weighted by atomic mass is 9.88. The third-order valence-electron chi connectivity index (χ3n) is 4.27. The van der Waals surface area contributed by atoms with Crippen LogP contribution < -0.4 is 0 Å². The average Bonchev–Trinajstić information content (AvgIpc) is 2.37. The largest absolute Gasteiger partial charge is 0.0853 e. The monoisotopic (exact) mass is 272 g/mol. The number of hydrogen-bond acceptors (Lipinski definition) is 0. The molecular weight excluding hydrogens is 240 g/mol. The fourth-order valence-electron chi connectivity index (χ4n) is 2.59. The van der Waals surface area contributed by atoms with Crippen molar-refractivity contribution in [3.63, 3.8) is 0 Å². The van der Waals surface area contributed by atoms with Crippen molar-refractivity contribution in [3.8, 4) is 0 Å². The predicted octanol–water partition coefficient (Wildman–Crippen LogP) is 6.62. The van der Waals surface area contributed by atoms with Gasteiger partial charge in [0.15, 0.2) is 0 Å². The Kier molecular flexibility index (Phi) is 7.65. The first-order chi connectivity index (χ1) is 9.49. The zero-order valence-corrected chi connectivity index (χ0v) is 14.1. The minimum absolute atomic E-state index is 0.696. The second-order valence-electron chi connectivity index (χ2n) is 6.63. The van der Waals surface area contributed by atoms with Gasteiger partial charge in [0.1, 0.15) is 0 Å². The number of rotatable bonds is 1. The zero-order valence-electron chi connectivity index (χ0n) is 14.1. The Labute approximate surface area is 126 Å². The molecule has 0 nitrogen and oxygen atoms in total. The van der Waals surface area contributed by atoms with Gasteiger partial charge in [-0.25, -0.2) is 0 Å². The second kappa shape index (κ2) is 9.00. The van der Waals surface area contributed by atoms with E-state index in [1.807, 2.05) is 0 Å². The van der Waals surface area contributed by atoms with E-state index in [-0.39, 0.29) is 0 Å². The van der Waals surface area contributed by atoms with Crippen LogP contribution in [-0.4, -0.2) is 0 Å². The van der Waals surface area contributed by atoms with Gasteiger partial charge in [-0.2, -0.15) is 0 Å². The minimum atomic E-state index is 0.696. The van der Waals surface area contributed by atoms with Crippen molar-refractivity contribution in [2.45, 2.75) is 66.7 Å². The Morgan fingerprint density at radius 1 is 0.950 bits per heavy atom. The first kappa shape index (κ1) is 17.0. The van der Waals surface area contributed by atoms with Crippen molar-refractivity contribution < 1.29 is 0 Å². The highest BCUT2D eigenvalue weighted by molar-refractivity contribution is 5.19. The molecule has 1 aliphatic rings. The third kappa shape index (κ3) is 6.93. The van der Waals surface area contributed by atoms with Crippen LogP contribution >= 0.6 is 0 Å². The topological polar surface area (TPSA) is 0 Å². The molecule has 1 atom stereocenters. The maximum atomic E-state index is 2.44. The molecule has 1 aliphatic carbocycles. The van der Waals surface area contributed by atoms with Crippen LogP contribution in [0.15, 0.2) is 47.1 Å². The van der Waals surface area contributed by atoms with Crippen molar-refractivity contribution >= 4 is 0 Å². The highest BCUT2D eigenvalue weighted by atomic mass is 14.1. The molecule has 0 saturated carbocycles. The maximum Gasteiger partial charge on any atom is -0.0161 e. The van der Waals surface area contributed by atoms with E-state index in [2.05, 4.69) is 65.0 Å². The molecule has 0 saturated heterocycles. The molecule has 0 aliphatic heterocycles. The van der Waals surface area contributed by atoms with Gasteiger partial charge in [0.25, 0.3) is 0 Å².